The van der Waals surface area contributed by atoms with Crippen molar-refractivity contribution in [2.75, 3.05) is 5.73 Å². The van der Waals surface area contributed by atoms with Gasteiger partial charge < -0.3 is 15.9 Å². The summed E-state index contributed by atoms with van der Waals surface area (Å²) in [5, 5.41) is 19.7. The molecule has 0 saturated carbocycles. The van der Waals surface area contributed by atoms with Crippen molar-refractivity contribution >= 4 is 21.5 Å². The first kappa shape index (κ1) is 17.4. The Morgan fingerprint density at radius 3 is 2.48 bits per heavy atom. The number of carboxylic acid groups (broad SMARTS) is 1. The predicted molar refractivity (Wildman–Crippen MR) is 87.6 cm³/mol. The number of carbonyl (C=O) groups is 1. The third-order valence-corrected chi connectivity index (χ3v) is 6.19. The molecule has 0 spiro atoms. The topological polar surface area (TPSA) is 118 Å². The van der Waals surface area contributed by atoms with E-state index in [1.165, 1.54) is 6.07 Å². The highest BCUT2D eigenvalue weighted by Gasteiger charge is 2.33. The van der Waals surface area contributed by atoms with Crippen LogP contribution in [0.4, 0.5) is 10.1 Å². The summed E-state index contributed by atoms with van der Waals surface area (Å²) in [5.74, 6) is -2.05. The van der Waals surface area contributed by atoms with Crippen molar-refractivity contribution in [3.63, 3.8) is 0 Å². The largest absolute Gasteiger partial charge is 0.478 e. The Morgan fingerprint density at radius 2 is 1.88 bits per heavy atom. The highest BCUT2D eigenvalue weighted by Crippen LogP contribution is 2.40. The zero-order chi connectivity index (χ0) is 18.4. The molecule has 0 fully saturated rings. The van der Waals surface area contributed by atoms with Crippen molar-refractivity contribution in [1.29, 1.82) is 0 Å². The van der Waals surface area contributed by atoms with Gasteiger partial charge in [0.15, 0.2) is 0 Å². The van der Waals surface area contributed by atoms with E-state index in [2.05, 4.69) is 0 Å². The van der Waals surface area contributed by atoms with Gasteiger partial charge in [-0.1, -0.05) is 0 Å². The Labute approximate surface area is 143 Å². The number of anilines is 1. The van der Waals surface area contributed by atoms with Crippen molar-refractivity contribution in [2.24, 2.45) is 0 Å². The molecule has 0 aromatic heterocycles. The van der Waals surface area contributed by atoms with Crippen LogP contribution < -0.4 is 5.73 Å². The van der Waals surface area contributed by atoms with Crippen LogP contribution in [0.25, 0.3) is 0 Å². The maximum absolute atomic E-state index is 13.1. The molecule has 4 N–H and O–H groups in total. The Morgan fingerprint density at radius 1 is 1.24 bits per heavy atom. The summed E-state index contributed by atoms with van der Waals surface area (Å²) >= 11 is 0. The molecule has 1 aliphatic rings. The summed E-state index contributed by atoms with van der Waals surface area (Å²) in [6, 6.07) is 5.29. The number of nitrogen functional groups attached to an aromatic ring is 1. The average molecular weight is 365 g/mol. The van der Waals surface area contributed by atoms with Gasteiger partial charge in [0.1, 0.15) is 10.7 Å². The molecule has 3 rings (SSSR count). The number of hydrogen-bond acceptors (Lipinski definition) is 5. The van der Waals surface area contributed by atoms with Gasteiger partial charge in [-0.15, -0.1) is 0 Å². The number of sulfone groups is 1. The van der Waals surface area contributed by atoms with Gasteiger partial charge in [-0.2, -0.15) is 0 Å². The Balaban J connectivity index is 2.32. The van der Waals surface area contributed by atoms with Crippen LogP contribution >= 0.6 is 0 Å². The number of hydrogen-bond donors (Lipinski definition) is 3. The molecule has 1 atom stereocenters. The van der Waals surface area contributed by atoms with Gasteiger partial charge in [0.25, 0.3) is 0 Å². The molecule has 0 radical (unpaired) electrons. The fourth-order valence-electron chi connectivity index (χ4n) is 3.17. The number of aliphatic hydroxyl groups excluding tert-OH is 1. The van der Waals surface area contributed by atoms with Crippen LogP contribution in [0.1, 0.15) is 40.4 Å². The van der Waals surface area contributed by atoms with Crippen LogP contribution in [-0.4, -0.2) is 24.6 Å². The fraction of sp³-hybridized carbons (Fsp3) is 0.235. The maximum atomic E-state index is 13.1. The molecule has 0 unspecified atom stereocenters. The second-order valence-electron chi connectivity index (χ2n) is 5.91. The van der Waals surface area contributed by atoms with E-state index in [1.807, 2.05) is 0 Å². The summed E-state index contributed by atoms with van der Waals surface area (Å²) in [6.07, 6.45) is 0.623. The lowest BCUT2D eigenvalue weighted by atomic mass is 9.87. The van der Waals surface area contributed by atoms with Gasteiger partial charge in [-0.05, 0) is 55.2 Å². The monoisotopic (exact) mass is 365 g/mol. The van der Waals surface area contributed by atoms with Gasteiger partial charge >= 0.3 is 5.97 Å². The standard InChI is InChI=1S/C17H16FNO5S/c18-10-4-6-11(7-5-10)25(23,24)16-12(17(21)22)8-9-2-1-3-13(20)14(9)15(16)19/h4-8,13,20H,1-3,19H2,(H,21,22)/t13-/m1/s1. The minimum atomic E-state index is -4.30. The third-order valence-electron chi connectivity index (χ3n) is 4.32. The van der Waals surface area contributed by atoms with Crippen LogP contribution in [0.5, 0.6) is 0 Å². The predicted octanol–water partition coefficient (Wildman–Crippen LogP) is 2.31. The fourth-order valence-corrected chi connectivity index (χ4v) is 4.73. The highest BCUT2D eigenvalue weighted by atomic mass is 32.2. The second-order valence-corrected chi connectivity index (χ2v) is 7.80. The number of aliphatic hydroxyl groups is 1. The molecule has 1 aliphatic carbocycles. The summed E-state index contributed by atoms with van der Waals surface area (Å²) in [4.78, 5) is 10.8. The molecule has 0 aliphatic heterocycles. The molecule has 0 heterocycles. The molecule has 132 valence electrons. The van der Waals surface area contributed by atoms with Crippen molar-refractivity contribution in [1.82, 2.24) is 0 Å². The second kappa shape index (κ2) is 6.12. The first-order valence-corrected chi connectivity index (χ1v) is 9.09. The Hall–Kier alpha value is -2.45. The number of nitrogens with two attached hydrogens (primary N) is 1. The van der Waals surface area contributed by atoms with Crippen molar-refractivity contribution in [3.05, 3.63) is 52.8 Å². The first-order valence-electron chi connectivity index (χ1n) is 7.60. The zero-order valence-electron chi connectivity index (χ0n) is 13.1. The maximum Gasteiger partial charge on any atom is 0.337 e. The quantitative estimate of drug-likeness (QED) is 0.567. The first-order chi connectivity index (χ1) is 11.7. The summed E-state index contributed by atoms with van der Waals surface area (Å²) in [7, 11) is -4.30. The number of fused-ring (bicyclic) bond motifs is 1. The van der Waals surface area contributed by atoms with E-state index < -0.39 is 38.2 Å². The van der Waals surface area contributed by atoms with Crippen LogP contribution in [0.3, 0.4) is 0 Å². The van der Waals surface area contributed by atoms with E-state index in [4.69, 9.17) is 5.73 Å². The SMILES string of the molecule is Nc1c2c(cc(C(=O)O)c1S(=O)(=O)c1ccc(F)cc1)CCC[C@H]2O. The summed E-state index contributed by atoms with van der Waals surface area (Å²) < 4.78 is 39.0. The lowest BCUT2D eigenvalue weighted by Gasteiger charge is -2.25. The smallest absolute Gasteiger partial charge is 0.337 e. The van der Waals surface area contributed by atoms with Crippen LogP contribution in [0, 0.1) is 5.82 Å². The number of aryl methyl sites for hydroxylation is 1. The Kier molecular flexibility index (Phi) is 4.26. The van der Waals surface area contributed by atoms with Gasteiger partial charge in [0.05, 0.1) is 22.3 Å². The van der Waals surface area contributed by atoms with Gasteiger partial charge in [0.2, 0.25) is 9.84 Å². The summed E-state index contributed by atoms with van der Waals surface area (Å²) in [5.41, 5.74) is 6.10. The molecule has 0 amide bonds. The number of aromatic carboxylic acids is 1. The van der Waals surface area contributed by atoms with E-state index in [0.717, 1.165) is 24.3 Å². The Bertz CT molecular complexity index is 954. The van der Waals surface area contributed by atoms with Crippen molar-refractivity contribution in [2.45, 2.75) is 35.2 Å². The number of carboxylic acids is 1. The molecule has 2 aromatic carbocycles. The van der Waals surface area contributed by atoms with E-state index in [9.17, 15) is 27.8 Å². The van der Waals surface area contributed by atoms with Crippen molar-refractivity contribution in [3.8, 4) is 0 Å². The third kappa shape index (κ3) is 2.87. The van der Waals surface area contributed by atoms with Crippen molar-refractivity contribution < 1.29 is 27.8 Å². The van der Waals surface area contributed by atoms with Crippen LogP contribution in [0.2, 0.25) is 0 Å². The minimum Gasteiger partial charge on any atom is -0.478 e. The minimum absolute atomic E-state index is 0.258. The number of rotatable bonds is 3. The van der Waals surface area contributed by atoms with Crippen LogP contribution in [-0.2, 0) is 16.3 Å². The molecule has 25 heavy (non-hydrogen) atoms. The number of halogens is 1. The molecule has 0 saturated heterocycles. The molecule has 2 aromatic rings. The summed E-state index contributed by atoms with van der Waals surface area (Å²) in [6.45, 7) is 0. The lowest BCUT2D eigenvalue weighted by Crippen LogP contribution is -2.19. The van der Waals surface area contributed by atoms with Crippen LogP contribution in [0.15, 0.2) is 40.1 Å². The molecular formula is C17H16FNO5S. The molecule has 6 nitrogen and oxygen atoms in total. The van der Waals surface area contributed by atoms with E-state index >= 15 is 0 Å². The normalized spacial score (nSPS) is 17.1. The lowest BCUT2D eigenvalue weighted by molar-refractivity contribution is 0.0692. The average Bonchev–Trinajstić information content (AvgIpc) is 2.54. The molecular weight excluding hydrogens is 349 g/mol. The molecule has 8 heteroatoms. The van der Waals surface area contributed by atoms with Gasteiger partial charge in [-0.25, -0.2) is 17.6 Å². The van der Waals surface area contributed by atoms with E-state index in [1.54, 1.807) is 0 Å². The van der Waals surface area contributed by atoms with E-state index in [-0.39, 0.29) is 16.1 Å². The number of benzene rings is 2. The zero-order valence-corrected chi connectivity index (χ0v) is 13.9. The van der Waals surface area contributed by atoms with Gasteiger partial charge in [0, 0.05) is 5.56 Å². The molecule has 0 bridgehead atoms. The van der Waals surface area contributed by atoms with Gasteiger partial charge in [-0.3, -0.25) is 0 Å². The van der Waals surface area contributed by atoms with E-state index in [0.29, 0.717) is 24.8 Å². The highest BCUT2D eigenvalue weighted by molar-refractivity contribution is 7.91.